The number of esters is 1. The van der Waals surface area contributed by atoms with Crippen molar-refractivity contribution in [2.24, 2.45) is 40.9 Å². The first kappa shape index (κ1) is 29.7. The number of hydrogen-bond acceptors (Lipinski definition) is 7. The van der Waals surface area contributed by atoms with E-state index >= 15 is 0 Å². The lowest BCUT2D eigenvalue weighted by molar-refractivity contribution is -0.148. The summed E-state index contributed by atoms with van der Waals surface area (Å²) in [6.07, 6.45) is 7.15. The van der Waals surface area contributed by atoms with Crippen molar-refractivity contribution in [3.63, 3.8) is 0 Å². The molecule has 3 aliphatic carbocycles. The minimum Gasteiger partial charge on any atom is -0.466 e. The Morgan fingerprint density at radius 3 is 2.59 bits per heavy atom. The van der Waals surface area contributed by atoms with Gasteiger partial charge in [0.05, 0.1) is 12.4 Å². The summed E-state index contributed by atoms with van der Waals surface area (Å²) >= 11 is 0. The highest BCUT2D eigenvalue weighted by molar-refractivity contribution is 7.85. The maximum atomic E-state index is 13.7. The van der Waals surface area contributed by atoms with Gasteiger partial charge in [0.2, 0.25) is 0 Å². The Morgan fingerprint density at radius 2 is 1.92 bits per heavy atom. The van der Waals surface area contributed by atoms with Gasteiger partial charge in [-0.25, -0.2) is 0 Å². The number of rotatable bonds is 9. The van der Waals surface area contributed by atoms with Crippen molar-refractivity contribution in [3.8, 4) is 0 Å². The van der Waals surface area contributed by atoms with Gasteiger partial charge in [0.15, 0.2) is 0 Å². The van der Waals surface area contributed by atoms with Gasteiger partial charge in [-0.05, 0) is 68.1 Å². The number of Topliss-reactive ketones (excluding diaryl/α,β-unsaturated/α-hetero) is 3. The largest absolute Gasteiger partial charge is 0.466 e. The van der Waals surface area contributed by atoms with E-state index < -0.39 is 27.3 Å². The Morgan fingerprint density at radius 1 is 1.19 bits per heavy atom. The molecule has 8 nitrogen and oxygen atoms in total. The van der Waals surface area contributed by atoms with Crippen molar-refractivity contribution in [1.82, 2.24) is 0 Å². The van der Waals surface area contributed by atoms with Gasteiger partial charge in [-0.3, -0.25) is 23.7 Å². The van der Waals surface area contributed by atoms with Crippen molar-refractivity contribution in [1.29, 1.82) is 0 Å². The molecule has 0 aromatic heterocycles. The summed E-state index contributed by atoms with van der Waals surface area (Å²) in [5.74, 6) is -0.625. The van der Waals surface area contributed by atoms with E-state index in [-0.39, 0.29) is 72.3 Å². The molecule has 3 saturated carbocycles. The molecule has 37 heavy (non-hydrogen) atoms. The van der Waals surface area contributed by atoms with Gasteiger partial charge in [0.1, 0.15) is 17.3 Å². The molecule has 3 aliphatic rings. The molecule has 7 atom stereocenters. The molecule has 3 rings (SSSR count). The monoisotopic (exact) mass is 538 g/mol. The van der Waals surface area contributed by atoms with Crippen LogP contribution in [0.3, 0.4) is 0 Å². The molecule has 0 radical (unpaired) electrons. The average Bonchev–Trinajstić information content (AvgIpc) is 3.14. The molecule has 0 aliphatic heterocycles. The third-order valence-electron chi connectivity index (χ3n) is 9.16. The van der Waals surface area contributed by atoms with Crippen LogP contribution in [0.25, 0.3) is 0 Å². The van der Waals surface area contributed by atoms with Crippen LogP contribution in [-0.2, 0) is 34.0 Å². The number of ether oxygens (including phenoxy) is 1. The Labute approximate surface area is 220 Å². The zero-order valence-electron chi connectivity index (χ0n) is 22.2. The molecular formula is C28H42O8S. The fraction of sp³-hybridized carbons (Fsp3) is 0.786. The first-order chi connectivity index (χ1) is 17.4. The summed E-state index contributed by atoms with van der Waals surface area (Å²) in [5.41, 5.74) is -0.655. The second-order valence-corrected chi connectivity index (χ2v) is 13.3. The topological polar surface area (TPSA) is 132 Å². The van der Waals surface area contributed by atoms with Gasteiger partial charge in [-0.2, -0.15) is 8.42 Å². The summed E-state index contributed by atoms with van der Waals surface area (Å²) in [6, 6.07) is 0. The minimum atomic E-state index is -4.09. The third kappa shape index (κ3) is 7.16. The number of hydrogen-bond donors (Lipinski definition) is 1. The van der Waals surface area contributed by atoms with Crippen LogP contribution >= 0.6 is 0 Å². The van der Waals surface area contributed by atoms with Crippen molar-refractivity contribution in [2.75, 3.05) is 12.4 Å². The van der Waals surface area contributed by atoms with Crippen molar-refractivity contribution in [2.45, 2.75) is 84.5 Å². The fourth-order valence-electron chi connectivity index (χ4n) is 7.41. The molecule has 0 aromatic rings. The third-order valence-corrected chi connectivity index (χ3v) is 9.96. The van der Waals surface area contributed by atoms with Crippen molar-refractivity contribution in [3.05, 3.63) is 12.7 Å². The van der Waals surface area contributed by atoms with Crippen molar-refractivity contribution < 1.29 is 36.9 Å². The van der Waals surface area contributed by atoms with E-state index in [0.717, 1.165) is 25.7 Å². The van der Waals surface area contributed by atoms with E-state index in [4.69, 9.17) is 9.29 Å². The lowest BCUT2D eigenvalue weighted by Crippen LogP contribution is -2.51. The van der Waals surface area contributed by atoms with Gasteiger partial charge in [-0.1, -0.05) is 19.9 Å². The van der Waals surface area contributed by atoms with E-state index in [1.165, 1.54) is 0 Å². The first-order valence-corrected chi connectivity index (χ1v) is 15.3. The van der Waals surface area contributed by atoms with Gasteiger partial charge < -0.3 is 4.74 Å². The minimum absolute atomic E-state index is 0.00480. The molecule has 4 unspecified atom stereocenters. The molecule has 0 amide bonds. The Hall–Kier alpha value is -1.87. The highest BCUT2D eigenvalue weighted by Gasteiger charge is 2.60. The Kier molecular flexibility index (Phi) is 9.89. The second kappa shape index (κ2) is 12.3. The van der Waals surface area contributed by atoms with Crippen LogP contribution in [0.1, 0.15) is 84.5 Å². The van der Waals surface area contributed by atoms with Gasteiger partial charge in [-0.15, -0.1) is 6.58 Å². The standard InChI is InChI=1S/C28H42O8S/c1-4-19(9-12-26(32)36-13-6-14-37(33,34)35)22-10-11-23-27-20(17-25(31)28(22,23)3)7-5-8-21(29)15-18(2)16-24(27)30/h4,18-20,22-23,27H,1,5-17H2,2-3H3,(H,33,34,35)/t18?,19-,20?,22-,23?,27?,28-/m1/s1. The Balaban J connectivity index is 1.69. The quantitative estimate of drug-likeness (QED) is 0.198. The van der Waals surface area contributed by atoms with Gasteiger partial charge >= 0.3 is 5.97 Å². The van der Waals surface area contributed by atoms with Crippen LogP contribution in [0, 0.1) is 40.9 Å². The molecule has 9 heteroatoms. The van der Waals surface area contributed by atoms with Crippen LogP contribution in [0.5, 0.6) is 0 Å². The highest BCUT2D eigenvalue weighted by Crippen LogP contribution is 2.60. The van der Waals surface area contributed by atoms with Gasteiger partial charge in [0, 0.05) is 43.4 Å². The predicted octanol–water partition coefficient (Wildman–Crippen LogP) is 4.37. The van der Waals surface area contributed by atoms with E-state index in [1.807, 2.05) is 19.9 Å². The smallest absolute Gasteiger partial charge is 0.305 e. The molecule has 0 spiro atoms. The molecular weight excluding hydrogens is 496 g/mol. The lowest BCUT2D eigenvalue weighted by Gasteiger charge is -2.48. The summed E-state index contributed by atoms with van der Waals surface area (Å²) in [5, 5.41) is 0. The zero-order valence-corrected chi connectivity index (χ0v) is 23.0. The van der Waals surface area contributed by atoms with Crippen LogP contribution in [0.15, 0.2) is 12.7 Å². The van der Waals surface area contributed by atoms with Crippen LogP contribution < -0.4 is 0 Å². The zero-order chi connectivity index (χ0) is 27.4. The van der Waals surface area contributed by atoms with Crippen molar-refractivity contribution >= 4 is 33.4 Å². The fourth-order valence-corrected chi connectivity index (χ4v) is 7.89. The summed E-state index contributed by atoms with van der Waals surface area (Å²) in [4.78, 5) is 51.7. The molecule has 0 saturated heterocycles. The number of ketones is 3. The van der Waals surface area contributed by atoms with Crippen LogP contribution in [-0.4, -0.2) is 48.6 Å². The summed E-state index contributed by atoms with van der Waals surface area (Å²) in [6.45, 7) is 7.87. The number of fused-ring (bicyclic) bond motifs is 3. The highest BCUT2D eigenvalue weighted by atomic mass is 32.2. The SMILES string of the molecule is C=C[C@H](CCC(=O)OCCCS(=O)(=O)O)[C@H]1CCC2C3C(=O)CC(C)CC(=O)CCCC3CC(=O)[C@@]21C. The lowest BCUT2D eigenvalue weighted by atomic mass is 9.53. The first-order valence-electron chi connectivity index (χ1n) is 13.7. The second-order valence-electron chi connectivity index (χ2n) is 11.7. The summed E-state index contributed by atoms with van der Waals surface area (Å²) in [7, 11) is -4.09. The van der Waals surface area contributed by atoms with E-state index in [1.54, 1.807) is 0 Å². The molecule has 1 N–H and O–H groups in total. The van der Waals surface area contributed by atoms with Crippen LogP contribution in [0.2, 0.25) is 0 Å². The predicted molar refractivity (Wildman–Crippen MR) is 138 cm³/mol. The van der Waals surface area contributed by atoms with E-state index in [0.29, 0.717) is 32.1 Å². The molecule has 0 heterocycles. The maximum absolute atomic E-state index is 13.7. The average molecular weight is 539 g/mol. The maximum Gasteiger partial charge on any atom is 0.305 e. The summed E-state index contributed by atoms with van der Waals surface area (Å²) < 4.78 is 35.5. The number of carbonyl (C=O) groups excluding carboxylic acids is 4. The van der Waals surface area contributed by atoms with E-state index in [9.17, 15) is 27.6 Å². The molecule has 0 bridgehead atoms. The number of allylic oxidation sites excluding steroid dienone is 1. The van der Waals surface area contributed by atoms with Gasteiger partial charge in [0.25, 0.3) is 10.1 Å². The molecule has 3 fully saturated rings. The molecule has 0 aromatic carbocycles. The van der Waals surface area contributed by atoms with E-state index in [2.05, 4.69) is 6.58 Å². The van der Waals surface area contributed by atoms with Crippen LogP contribution in [0.4, 0.5) is 0 Å². The molecule has 208 valence electrons. The number of carbonyl (C=O) groups is 4. The Bertz CT molecular complexity index is 1000. The normalized spacial score (nSPS) is 33.8.